The molecule has 0 bridgehead atoms. The lowest BCUT2D eigenvalue weighted by Crippen LogP contribution is -2.54. The molecule has 1 N–H and O–H groups in total. The Kier molecular flexibility index (Phi) is 7.06. The lowest BCUT2D eigenvalue weighted by Gasteiger charge is -2.37. The third-order valence-electron chi connectivity index (χ3n) is 5.99. The second kappa shape index (κ2) is 10.1. The van der Waals surface area contributed by atoms with Crippen molar-refractivity contribution >= 4 is 11.9 Å². The maximum Gasteiger partial charge on any atom is 0.317 e. The molecular weight excluding hydrogens is 415 g/mol. The van der Waals surface area contributed by atoms with Crippen LogP contribution in [0, 0.1) is 12.7 Å². The molecule has 2 saturated heterocycles. The van der Waals surface area contributed by atoms with Gasteiger partial charge in [0.25, 0.3) is 5.91 Å². The highest BCUT2D eigenvalue weighted by Crippen LogP contribution is 2.22. The number of carbonyl (C=O) groups is 2. The van der Waals surface area contributed by atoms with Crippen LogP contribution in [0.15, 0.2) is 40.8 Å². The molecule has 0 aliphatic carbocycles. The van der Waals surface area contributed by atoms with Gasteiger partial charge in [-0.25, -0.2) is 9.18 Å². The molecular formula is C23H29FN4O4. The summed E-state index contributed by atoms with van der Waals surface area (Å²) in [6, 6.07) is 9.65. The zero-order valence-electron chi connectivity index (χ0n) is 18.3. The van der Waals surface area contributed by atoms with E-state index in [1.807, 2.05) is 0 Å². The van der Waals surface area contributed by atoms with Crippen LogP contribution in [0.5, 0.6) is 0 Å². The van der Waals surface area contributed by atoms with Crippen molar-refractivity contribution in [3.05, 3.63) is 59.3 Å². The van der Waals surface area contributed by atoms with Crippen molar-refractivity contribution in [3.63, 3.8) is 0 Å². The topological polar surface area (TPSA) is 78.3 Å². The van der Waals surface area contributed by atoms with Gasteiger partial charge in [-0.05, 0) is 36.8 Å². The predicted octanol–water partition coefficient (Wildman–Crippen LogP) is 2.27. The molecule has 0 saturated carbocycles. The summed E-state index contributed by atoms with van der Waals surface area (Å²) in [6.07, 6.45) is 0. The number of ether oxygens (including phenoxy) is 1. The minimum atomic E-state index is -0.282. The Morgan fingerprint density at radius 1 is 0.969 bits per heavy atom. The second-order valence-electron chi connectivity index (χ2n) is 8.09. The number of piperazine rings is 1. The van der Waals surface area contributed by atoms with Crippen molar-refractivity contribution in [3.8, 4) is 0 Å². The Morgan fingerprint density at radius 2 is 1.62 bits per heavy atom. The van der Waals surface area contributed by atoms with Crippen LogP contribution in [0.2, 0.25) is 0 Å². The van der Waals surface area contributed by atoms with Gasteiger partial charge >= 0.3 is 6.03 Å². The summed E-state index contributed by atoms with van der Waals surface area (Å²) in [4.78, 5) is 31.0. The van der Waals surface area contributed by atoms with Gasteiger partial charge in [0.2, 0.25) is 0 Å². The monoisotopic (exact) mass is 444 g/mol. The van der Waals surface area contributed by atoms with E-state index in [2.05, 4.69) is 10.2 Å². The molecule has 1 unspecified atom stereocenters. The van der Waals surface area contributed by atoms with Crippen LogP contribution >= 0.6 is 0 Å². The molecule has 172 valence electrons. The lowest BCUT2D eigenvalue weighted by molar-refractivity contribution is 0.0163. The fourth-order valence-electron chi connectivity index (χ4n) is 4.15. The summed E-state index contributed by atoms with van der Waals surface area (Å²) in [5.41, 5.74) is 0.956. The van der Waals surface area contributed by atoms with Crippen LogP contribution in [0.3, 0.4) is 0 Å². The highest BCUT2D eigenvalue weighted by Gasteiger charge is 2.28. The number of nitrogens with one attached hydrogen (secondary N) is 1. The van der Waals surface area contributed by atoms with Crippen LogP contribution in [0.25, 0.3) is 0 Å². The van der Waals surface area contributed by atoms with Gasteiger partial charge in [-0.3, -0.25) is 9.69 Å². The van der Waals surface area contributed by atoms with E-state index in [1.54, 1.807) is 41.0 Å². The third-order valence-corrected chi connectivity index (χ3v) is 5.99. The number of benzene rings is 1. The van der Waals surface area contributed by atoms with Crippen LogP contribution in [0.4, 0.5) is 9.18 Å². The molecule has 2 fully saturated rings. The minimum absolute atomic E-state index is 0.0616. The van der Waals surface area contributed by atoms with Crippen molar-refractivity contribution < 1.29 is 23.1 Å². The number of furan rings is 1. The van der Waals surface area contributed by atoms with Gasteiger partial charge in [0, 0.05) is 45.8 Å². The normalized spacial score (nSPS) is 18.4. The fraction of sp³-hybridized carbons (Fsp3) is 0.478. The number of aryl methyl sites for hydroxylation is 1. The minimum Gasteiger partial charge on any atom is -0.456 e. The molecule has 1 aromatic carbocycles. The zero-order chi connectivity index (χ0) is 22.5. The maximum absolute atomic E-state index is 13.4. The highest BCUT2D eigenvalue weighted by molar-refractivity contribution is 5.91. The first-order valence-corrected chi connectivity index (χ1v) is 11.0. The Morgan fingerprint density at radius 3 is 2.25 bits per heavy atom. The first-order chi connectivity index (χ1) is 15.5. The molecule has 1 atom stereocenters. The number of rotatable bonds is 5. The smallest absolute Gasteiger partial charge is 0.317 e. The van der Waals surface area contributed by atoms with Crippen molar-refractivity contribution in [2.24, 2.45) is 0 Å². The van der Waals surface area contributed by atoms with Crippen LogP contribution < -0.4 is 5.32 Å². The Bertz CT molecular complexity index is 918. The number of amides is 3. The van der Waals surface area contributed by atoms with Crippen molar-refractivity contribution in [2.45, 2.75) is 13.0 Å². The number of nitrogens with zero attached hydrogens (tertiary/aromatic N) is 3. The number of hydrogen-bond donors (Lipinski definition) is 1. The first kappa shape index (κ1) is 22.3. The average molecular weight is 445 g/mol. The predicted molar refractivity (Wildman–Crippen MR) is 116 cm³/mol. The van der Waals surface area contributed by atoms with Crippen molar-refractivity contribution in [1.29, 1.82) is 0 Å². The molecule has 0 radical (unpaired) electrons. The van der Waals surface area contributed by atoms with Crippen molar-refractivity contribution in [2.75, 3.05) is 59.0 Å². The largest absolute Gasteiger partial charge is 0.456 e. The van der Waals surface area contributed by atoms with Gasteiger partial charge in [-0.2, -0.15) is 0 Å². The summed E-state index contributed by atoms with van der Waals surface area (Å²) in [6.45, 7) is 6.81. The van der Waals surface area contributed by atoms with Crippen molar-refractivity contribution in [1.82, 2.24) is 20.0 Å². The van der Waals surface area contributed by atoms with Crippen LogP contribution in [-0.2, 0) is 4.74 Å². The molecule has 2 aromatic rings. The molecule has 9 heteroatoms. The number of morpholine rings is 1. The average Bonchev–Trinajstić information content (AvgIpc) is 3.27. The van der Waals surface area contributed by atoms with E-state index in [1.165, 1.54) is 12.1 Å². The standard InChI is InChI=1S/C23H29FN4O4/c1-17-2-7-21(32-17)22(29)27-8-10-28(11-9-27)23(30)25-16-20(26-12-14-31-15-13-26)18-3-5-19(24)6-4-18/h2-7,20H,8-16H2,1H3,(H,25,30). The molecule has 2 aliphatic heterocycles. The van der Waals surface area contributed by atoms with E-state index in [0.717, 1.165) is 18.7 Å². The first-order valence-electron chi connectivity index (χ1n) is 11.0. The SMILES string of the molecule is Cc1ccc(C(=O)N2CCN(C(=O)NCC(c3ccc(F)cc3)N3CCOCC3)CC2)o1. The molecule has 3 amide bonds. The van der Waals surface area contributed by atoms with E-state index in [4.69, 9.17) is 9.15 Å². The number of halogens is 1. The van der Waals surface area contributed by atoms with E-state index in [0.29, 0.717) is 57.5 Å². The summed E-state index contributed by atoms with van der Waals surface area (Å²) in [5, 5.41) is 3.03. The molecule has 3 heterocycles. The van der Waals surface area contributed by atoms with Gasteiger partial charge < -0.3 is 24.3 Å². The summed E-state index contributed by atoms with van der Waals surface area (Å²) < 4.78 is 24.3. The molecule has 1 aromatic heterocycles. The molecule has 4 rings (SSSR count). The molecule has 2 aliphatic rings. The van der Waals surface area contributed by atoms with E-state index < -0.39 is 0 Å². The Balaban J connectivity index is 1.32. The summed E-state index contributed by atoms with van der Waals surface area (Å²) in [5.74, 6) is 0.591. The van der Waals surface area contributed by atoms with E-state index >= 15 is 0 Å². The fourth-order valence-corrected chi connectivity index (χ4v) is 4.15. The Hall–Kier alpha value is -2.91. The van der Waals surface area contributed by atoms with Crippen LogP contribution in [-0.4, -0.2) is 85.7 Å². The summed E-state index contributed by atoms with van der Waals surface area (Å²) in [7, 11) is 0. The van der Waals surface area contributed by atoms with Crippen LogP contribution in [0.1, 0.15) is 27.9 Å². The van der Waals surface area contributed by atoms with Gasteiger partial charge in [0.15, 0.2) is 5.76 Å². The zero-order valence-corrected chi connectivity index (χ0v) is 18.3. The second-order valence-corrected chi connectivity index (χ2v) is 8.09. The van der Waals surface area contributed by atoms with Gasteiger partial charge in [-0.15, -0.1) is 0 Å². The quantitative estimate of drug-likeness (QED) is 0.766. The van der Waals surface area contributed by atoms with Gasteiger partial charge in [0.05, 0.1) is 19.3 Å². The molecule has 32 heavy (non-hydrogen) atoms. The number of urea groups is 1. The maximum atomic E-state index is 13.4. The van der Waals surface area contributed by atoms with Gasteiger partial charge in [0.1, 0.15) is 11.6 Å². The van der Waals surface area contributed by atoms with E-state index in [-0.39, 0.29) is 23.8 Å². The third kappa shape index (κ3) is 5.28. The number of hydrogen-bond acceptors (Lipinski definition) is 5. The van der Waals surface area contributed by atoms with Gasteiger partial charge in [-0.1, -0.05) is 12.1 Å². The summed E-state index contributed by atoms with van der Waals surface area (Å²) >= 11 is 0. The highest BCUT2D eigenvalue weighted by atomic mass is 19.1. The van der Waals surface area contributed by atoms with E-state index in [9.17, 15) is 14.0 Å². The Labute approximate surface area is 186 Å². The lowest BCUT2D eigenvalue weighted by atomic mass is 10.0. The molecule has 8 nitrogen and oxygen atoms in total. The molecule has 0 spiro atoms. The number of carbonyl (C=O) groups excluding carboxylic acids is 2.